The van der Waals surface area contributed by atoms with Crippen molar-refractivity contribution in [2.75, 3.05) is 10.6 Å². The Morgan fingerprint density at radius 1 is 0.563 bits per heavy atom. The van der Waals surface area contributed by atoms with E-state index in [4.69, 9.17) is 10.5 Å². The van der Waals surface area contributed by atoms with Gasteiger partial charge in [0.2, 0.25) is 0 Å². The summed E-state index contributed by atoms with van der Waals surface area (Å²) in [5.74, 6) is 0.521. The monoisotopic (exact) mass is 944 g/mol. The zero-order chi connectivity index (χ0) is 48.9. The molecule has 0 fully saturated rings. The number of carbonyl (C=O) groups excluding carboxylic acids is 2. The van der Waals surface area contributed by atoms with Crippen molar-refractivity contribution in [3.8, 4) is 5.75 Å². The highest BCUT2D eigenvalue weighted by Gasteiger charge is 2.31. The predicted molar refractivity (Wildman–Crippen MR) is 279 cm³/mol. The molecule has 5 N–H and O–H groups in total. The third-order valence-corrected chi connectivity index (χ3v) is 13.2. The second-order valence-corrected chi connectivity index (χ2v) is 17.9. The zero-order valence-corrected chi connectivity index (χ0v) is 39.1. The molecule has 9 nitrogen and oxygen atoms in total. The number of anilines is 2. The number of hydrogen-bond donors (Lipinski definition) is 4. The van der Waals surface area contributed by atoms with Crippen molar-refractivity contribution in [2.24, 2.45) is 5.73 Å². The second-order valence-electron chi connectivity index (χ2n) is 17.9. The van der Waals surface area contributed by atoms with E-state index in [1.54, 1.807) is 55.1 Å². The van der Waals surface area contributed by atoms with Crippen molar-refractivity contribution in [3.05, 3.63) is 246 Å². The highest BCUT2D eigenvalue weighted by atomic mass is 19.1. The summed E-state index contributed by atoms with van der Waals surface area (Å²) >= 11 is 0. The van der Waals surface area contributed by atoms with Gasteiger partial charge < -0.3 is 21.1 Å². The molecule has 4 unspecified atom stereocenters. The number of para-hydroxylation sites is 1. The lowest BCUT2D eigenvalue weighted by Crippen LogP contribution is -2.44. The van der Waals surface area contributed by atoms with Gasteiger partial charge in [0.05, 0.1) is 11.4 Å². The molecule has 7 aromatic carbocycles. The normalized spacial score (nSPS) is 16.7. The molecule has 0 aliphatic heterocycles. The van der Waals surface area contributed by atoms with E-state index in [-0.39, 0.29) is 35.7 Å². The molecular formula is C60H54F2N6O3. The Hall–Kier alpha value is -8.28. The molecule has 2 aliphatic carbocycles. The van der Waals surface area contributed by atoms with Gasteiger partial charge in [0, 0.05) is 70.3 Å². The third-order valence-electron chi connectivity index (χ3n) is 13.2. The molecule has 0 saturated carbocycles. The number of aryl methyl sites for hydroxylation is 2. The zero-order valence-electron chi connectivity index (χ0n) is 39.1. The van der Waals surface area contributed by atoms with Gasteiger partial charge in [-0.1, -0.05) is 115 Å². The first kappa shape index (κ1) is 47.8. The molecule has 11 rings (SSSR count). The maximum atomic E-state index is 13.8. The minimum atomic E-state index is -0.513. The first-order chi connectivity index (χ1) is 34.7. The molecule has 2 aliphatic rings. The maximum absolute atomic E-state index is 13.8. The van der Waals surface area contributed by atoms with E-state index in [0.717, 1.165) is 82.4 Å². The number of benzene rings is 7. The number of aromatic nitrogens is 2. The number of urea groups is 1. The largest absolute Gasteiger partial charge is 0.417 e. The van der Waals surface area contributed by atoms with Gasteiger partial charge in [-0.05, 0) is 133 Å². The molecule has 356 valence electrons. The Labute approximate surface area is 412 Å². The Morgan fingerprint density at radius 2 is 1.07 bits per heavy atom. The molecule has 0 saturated heterocycles. The van der Waals surface area contributed by atoms with Gasteiger partial charge in [-0.3, -0.25) is 15.3 Å². The Kier molecular flexibility index (Phi) is 15.4. The molecular weight excluding hydrogens is 891 g/mol. The molecule has 4 atom stereocenters. The van der Waals surface area contributed by atoms with Crippen LogP contribution in [-0.2, 0) is 25.7 Å². The number of nitrogens with zero attached hydrogens (tertiary/aromatic N) is 2. The lowest BCUT2D eigenvalue weighted by atomic mass is 9.76. The summed E-state index contributed by atoms with van der Waals surface area (Å²) in [4.78, 5) is 33.1. The van der Waals surface area contributed by atoms with E-state index in [2.05, 4.69) is 62.3 Å². The van der Waals surface area contributed by atoms with Gasteiger partial charge in [-0.2, -0.15) is 0 Å². The van der Waals surface area contributed by atoms with Crippen LogP contribution in [0.5, 0.6) is 5.75 Å². The second kappa shape index (κ2) is 22.9. The molecule has 11 heteroatoms. The molecule has 0 spiro atoms. The number of ether oxygens (including phenoxy) is 1. The van der Waals surface area contributed by atoms with Crippen molar-refractivity contribution in [2.45, 2.75) is 62.4 Å². The Morgan fingerprint density at radius 3 is 1.65 bits per heavy atom. The van der Waals surface area contributed by atoms with Gasteiger partial charge in [0.15, 0.2) is 0 Å². The van der Waals surface area contributed by atoms with Crippen LogP contribution in [0.4, 0.5) is 29.7 Å². The molecule has 2 aromatic heterocycles. The predicted octanol–water partition coefficient (Wildman–Crippen LogP) is 13.1. The van der Waals surface area contributed by atoms with Gasteiger partial charge in [-0.25, -0.2) is 18.4 Å². The minimum absolute atomic E-state index is 0.0511. The summed E-state index contributed by atoms with van der Waals surface area (Å²) in [6, 6.07) is 54.7. The fourth-order valence-corrected chi connectivity index (χ4v) is 9.73. The molecule has 3 amide bonds. The summed E-state index contributed by atoms with van der Waals surface area (Å²) in [5.41, 5.74) is 14.7. The average molecular weight is 945 g/mol. The summed E-state index contributed by atoms with van der Waals surface area (Å²) in [6.07, 6.45) is 11.5. The van der Waals surface area contributed by atoms with Crippen LogP contribution in [0, 0.1) is 11.6 Å². The van der Waals surface area contributed by atoms with E-state index in [9.17, 15) is 18.4 Å². The van der Waals surface area contributed by atoms with Gasteiger partial charge in [0.25, 0.3) is 0 Å². The molecule has 9 aromatic rings. The number of hydrogen-bond acceptors (Lipinski definition) is 6. The van der Waals surface area contributed by atoms with Crippen LogP contribution in [-0.4, -0.2) is 34.2 Å². The first-order valence-electron chi connectivity index (χ1n) is 23.9. The number of nitrogens with two attached hydrogens (primary N) is 1. The lowest BCUT2D eigenvalue weighted by molar-refractivity contribution is 0.215. The number of pyridine rings is 2. The molecule has 0 bridgehead atoms. The first-order valence-corrected chi connectivity index (χ1v) is 23.9. The van der Waals surface area contributed by atoms with E-state index in [0.29, 0.717) is 17.4 Å². The Balaban J connectivity index is 0.000000139. The summed E-state index contributed by atoms with van der Waals surface area (Å²) in [5, 5.41) is 12.8. The van der Waals surface area contributed by atoms with Crippen molar-refractivity contribution in [1.82, 2.24) is 15.3 Å². The fraction of sp³-hybridized carbons (Fsp3) is 0.167. The van der Waals surface area contributed by atoms with Crippen LogP contribution in [0.1, 0.15) is 58.1 Å². The SMILES string of the molecule is NC1CCc2cc(F)ccc2C1Cc1ccccc1.O=C(Nc1cccc2cnccc12)NC1CCc2cc(F)ccc2C1Cc1ccccc1.O=C(Nc1cccc2cnccc12)Oc1ccccc1. The quantitative estimate of drug-likeness (QED) is 0.120. The molecule has 71 heavy (non-hydrogen) atoms. The van der Waals surface area contributed by atoms with Crippen molar-refractivity contribution < 1.29 is 23.1 Å². The fourth-order valence-electron chi connectivity index (χ4n) is 9.73. The highest BCUT2D eigenvalue weighted by Crippen LogP contribution is 2.36. The summed E-state index contributed by atoms with van der Waals surface area (Å²) in [6.45, 7) is 0. The summed E-state index contributed by atoms with van der Waals surface area (Å²) < 4.78 is 32.4. The third kappa shape index (κ3) is 12.3. The number of carbonyl (C=O) groups is 2. The van der Waals surface area contributed by atoms with Crippen molar-refractivity contribution in [3.63, 3.8) is 0 Å². The van der Waals surface area contributed by atoms with E-state index < -0.39 is 6.09 Å². The van der Waals surface area contributed by atoms with Crippen molar-refractivity contribution in [1.29, 1.82) is 0 Å². The van der Waals surface area contributed by atoms with Gasteiger partial charge >= 0.3 is 12.1 Å². The number of nitrogens with one attached hydrogen (secondary N) is 3. The van der Waals surface area contributed by atoms with Gasteiger partial charge in [0.1, 0.15) is 17.4 Å². The topological polar surface area (TPSA) is 131 Å². The average Bonchev–Trinajstić information content (AvgIpc) is 3.39. The molecule has 2 heterocycles. The van der Waals surface area contributed by atoms with Gasteiger partial charge in [-0.15, -0.1) is 0 Å². The highest BCUT2D eigenvalue weighted by molar-refractivity contribution is 6.02. The van der Waals surface area contributed by atoms with Crippen LogP contribution in [0.2, 0.25) is 0 Å². The Bertz CT molecular complexity index is 3220. The van der Waals surface area contributed by atoms with Crippen LogP contribution >= 0.6 is 0 Å². The minimum Gasteiger partial charge on any atom is -0.410 e. The smallest absolute Gasteiger partial charge is 0.410 e. The van der Waals surface area contributed by atoms with Crippen LogP contribution < -0.4 is 26.4 Å². The van der Waals surface area contributed by atoms with E-state index in [1.807, 2.05) is 103 Å². The number of fused-ring (bicyclic) bond motifs is 4. The number of rotatable bonds is 8. The van der Waals surface area contributed by atoms with Crippen LogP contribution in [0.15, 0.2) is 201 Å². The van der Waals surface area contributed by atoms with E-state index in [1.165, 1.54) is 22.8 Å². The van der Waals surface area contributed by atoms with Crippen LogP contribution in [0.3, 0.4) is 0 Å². The van der Waals surface area contributed by atoms with Crippen LogP contribution in [0.25, 0.3) is 21.5 Å². The van der Waals surface area contributed by atoms with E-state index >= 15 is 0 Å². The number of amides is 3. The standard InChI is InChI=1S/C27H24FN3O.C17H18FN.C16H12N2O2/c28-21-10-11-22-19(16-21)9-12-26(24(22)15-18-5-2-1-3-6-18)31-27(32)30-25-8-4-7-20-17-29-14-13-23(20)25;18-14-7-8-15-13(11-14)6-9-17(19)16(15)10-12-4-2-1-3-5-12;19-16(20-13-6-2-1-3-7-13)18-15-8-4-5-12-11-17-10-9-14(12)15/h1-8,10-11,13-14,16-17,24,26H,9,12,15H2,(H2,30,31,32);1-5,7-8,11,16-17H,6,9-10,19H2;1-11H,(H,18,19). The lowest BCUT2D eigenvalue weighted by Gasteiger charge is -2.34. The number of halogens is 2. The molecule has 0 radical (unpaired) electrons. The summed E-state index contributed by atoms with van der Waals surface area (Å²) in [7, 11) is 0. The van der Waals surface area contributed by atoms with Crippen molar-refractivity contribution >= 4 is 45.0 Å². The maximum Gasteiger partial charge on any atom is 0.417 e.